The lowest BCUT2D eigenvalue weighted by Gasteiger charge is -2.27. The molecule has 102 valence electrons. The molecule has 1 saturated carbocycles. The molecule has 0 spiro atoms. The predicted molar refractivity (Wildman–Crippen MR) is 78.3 cm³/mol. The summed E-state index contributed by atoms with van der Waals surface area (Å²) in [5, 5.41) is 23.3. The molecule has 1 heterocycles. The number of nitrogens with one attached hydrogen (secondary N) is 1. The molecule has 1 fully saturated rings. The molecule has 3 rings (SSSR count). The van der Waals surface area contributed by atoms with Crippen molar-refractivity contribution in [2.45, 2.75) is 37.8 Å². The molecule has 0 unspecified atom stereocenters. The molecule has 2 atom stereocenters. The normalized spacial score (nSPS) is 22.4. The number of pyridine rings is 1. The topological polar surface area (TPSA) is 68.9 Å². The first-order chi connectivity index (χ1) is 9.76. The number of benzene rings is 1. The summed E-state index contributed by atoms with van der Waals surface area (Å²) in [6.07, 6.45) is 3.37. The molecule has 2 N–H and O–H groups in total. The van der Waals surface area contributed by atoms with Crippen molar-refractivity contribution in [3.05, 3.63) is 35.9 Å². The number of aliphatic hydroxyl groups excluding tert-OH is 1. The number of nitrogens with zero attached hydrogens (tertiary/aromatic N) is 2. The van der Waals surface area contributed by atoms with Crippen LogP contribution in [0.2, 0.25) is 0 Å². The van der Waals surface area contributed by atoms with Crippen molar-refractivity contribution in [3.63, 3.8) is 0 Å². The van der Waals surface area contributed by atoms with E-state index in [9.17, 15) is 10.4 Å². The minimum absolute atomic E-state index is 0.194. The van der Waals surface area contributed by atoms with Crippen LogP contribution in [0.1, 0.15) is 31.2 Å². The van der Waals surface area contributed by atoms with Crippen LogP contribution in [0.3, 0.4) is 0 Å². The van der Waals surface area contributed by atoms with Gasteiger partial charge in [-0.1, -0.05) is 18.2 Å². The predicted octanol–water partition coefficient (Wildman–Crippen LogP) is 2.82. The fourth-order valence-corrected chi connectivity index (χ4v) is 2.80. The molecule has 1 aromatic carbocycles. The molecule has 0 bridgehead atoms. The summed E-state index contributed by atoms with van der Waals surface area (Å²) in [7, 11) is 0. The molecule has 4 heteroatoms. The molecule has 0 amide bonds. The third-order valence-electron chi connectivity index (χ3n) is 3.83. The highest BCUT2D eigenvalue weighted by molar-refractivity contribution is 5.82. The van der Waals surface area contributed by atoms with Gasteiger partial charge in [0.1, 0.15) is 11.9 Å². The highest BCUT2D eigenvalue weighted by Crippen LogP contribution is 2.25. The third kappa shape index (κ3) is 2.59. The highest BCUT2D eigenvalue weighted by Gasteiger charge is 2.21. The SMILES string of the molecule is N#Cc1cc2ccccc2nc1N[C@H]1CCC[C@@H](O)C1. The van der Waals surface area contributed by atoms with Gasteiger partial charge in [0.2, 0.25) is 0 Å². The van der Waals surface area contributed by atoms with Gasteiger partial charge in [-0.2, -0.15) is 5.26 Å². The molecular weight excluding hydrogens is 250 g/mol. The van der Waals surface area contributed by atoms with Crippen molar-refractivity contribution < 1.29 is 5.11 Å². The molecule has 1 aliphatic carbocycles. The van der Waals surface area contributed by atoms with E-state index < -0.39 is 0 Å². The molecule has 1 aromatic heterocycles. The van der Waals surface area contributed by atoms with Gasteiger partial charge in [-0.3, -0.25) is 0 Å². The lowest BCUT2D eigenvalue weighted by atomic mass is 9.93. The number of nitriles is 1. The summed E-state index contributed by atoms with van der Waals surface area (Å²) in [6.45, 7) is 0. The van der Waals surface area contributed by atoms with Crippen LogP contribution in [0.5, 0.6) is 0 Å². The fourth-order valence-electron chi connectivity index (χ4n) is 2.80. The van der Waals surface area contributed by atoms with Crippen molar-refractivity contribution >= 4 is 16.7 Å². The quantitative estimate of drug-likeness (QED) is 0.878. The van der Waals surface area contributed by atoms with Gasteiger partial charge in [0.05, 0.1) is 17.2 Å². The minimum Gasteiger partial charge on any atom is -0.393 e. The zero-order valence-corrected chi connectivity index (χ0v) is 11.2. The van der Waals surface area contributed by atoms with Crippen LogP contribution >= 0.6 is 0 Å². The van der Waals surface area contributed by atoms with Gasteiger partial charge in [-0.05, 0) is 37.8 Å². The van der Waals surface area contributed by atoms with Gasteiger partial charge in [0, 0.05) is 11.4 Å². The fraction of sp³-hybridized carbons (Fsp3) is 0.375. The highest BCUT2D eigenvalue weighted by atomic mass is 16.3. The number of hydrogen-bond donors (Lipinski definition) is 2. The molecule has 1 aliphatic rings. The van der Waals surface area contributed by atoms with E-state index in [0.717, 1.165) is 36.6 Å². The van der Waals surface area contributed by atoms with E-state index in [0.29, 0.717) is 11.4 Å². The summed E-state index contributed by atoms with van der Waals surface area (Å²) in [6, 6.07) is 12.0. The average Bonchev–Trinajstić information content (AvgIpc) is 2.46. The van der Waals surface area contributed by atoms with Crippen molar-refractivity contribution in [3.8, 4) is 6.07 Å². The maximum Gasteiger partial charge on any atom is 0.144 e. The summed E-state index contributed by atoms with van der Waals surface area (Å²) in [5.74, 6) is 0.630. The summed E-state index contributed by atoms with van der Waals surface area (Å²) < 4.78 is 0. The Labute approximate surface area is 118 Å². The minimum atomic E-state index is -0.243. The Hall–Kier alpha value is -2.12. The van der Waals surface area contributed by atoms with E-state index in [-0.39, 0.29) is 12.1 Å². The molecular formula is C16H17N3O. The average molecular weight is 267 g/mol. The second-order valence-corrected chi connectivity index (χ2v) is 5.35. The van der Waals surface area contributed by atoms with Crippen LogP contribution < -0.4 is 5.32 Å². The van der Waals surface area contributed by atoms with Crippen LogP contribution in [-0.4, -0.2) is 22.2 Å². The number of aliphatic hydroxyl groups is 1. The molecule has 0 saturated heterocycles. The van der Waals surface area contributed by atoms with Crippen LogP contribution in [0, 0.1) is 11.3 Å². The van der Waals surface area contributed by atoms with E-state index in [1.54, 1.807) is 0 Å². The number of hydrogen-bond acceptors (Lipinski definition) is 4. The van der Waals surface area contributed by atoms with E-state index in [4.69, 9.17) is 0 Å². The van der Waals surface area contributed by atoms with Gasteiger partial charge < -0.3 is 10.4 Å². The summed E-state index contributed by atoms with van der Waals surface area (Å²) in [4.78, 5) is 4.55. The smallest absolute Gasteiger partial charge is 0.144 e. The van der Waals surface area contributed by atoms with Gasteiger partial charge in [-0.25, -0.2) is 4.98 Å². The second-order valence-electron chi connectivity index (χ2n) is 5.35. The van der Waals surface area contributed by atoms with Crippen LogP contribution in [0.4, 0.5) is 5.82 Å². The monoisotopic (exact) mass is 267 g/mol. The van der Waals surface area contributed by atoms with E-state index in [2.05, 4.69) is 16.4 Å². The number of anilines is 1. The second kappa shape index (κ2) is 5.48. The van der Waals surface area contributed by atoms with Crippen molar-refractivity contribution in [2.75, 3.05) is 5.32 Å². The Morgan fingerprint density at radius 3 is 2.95 bits per heavy atom. The van der Waals surface area contributed by atoms with E-state index >= 15 is 0 Å². The van der Waals surface area contributed by atoms with Crippen molar-refractivity contribution in [1.29, 1.82) is 5.26 Å². The third-order valence-corrected chi connectivity index (χ3v) is 3.83. The summed E-state index contributed by atoms with van der Waals surface area (Å²) >= 11 is 0. The maximum absolute atomic E-state index is 9.73. The lowest BCUT2D eigenvalue weighted by Crippen LogP contribution is -2.30. The molecule has 4 nitrogen and oxygen atoms in total. The molecule has 20 heavy (non-hydrogen) atoms. The van der Waals surface area contributed by atoms with Crippen LogP contribution in [0.15, 0.2) is 30.3 Å². The van der Waals surface area contributed by atoms with Gasteiger partial charge in [-0.15, -0.1) is 0 Å². The first-order valence-electron chi connectivity index (χ1n) is 7.01. The zero-order chi connectivity index (χ0) is 13.9. The number of para-hydroxylation sites is 1. The van der Waals surface area contributed by atoms with Gasteiger partial charge in [0.25, 0.3) is 0 Å². The van der Waals surface area contributed by atoms with Gasteiger partial charge in [0.15, 0.2) is 0 Å². The molecule has 0 radical (unpaired) electrons. The molecule has 2 aromatic rings. The number of rotatable bonds is 2. The lowest BCUT2D eigenvalue weighted by molar-refractivity contribution is 0.124. The van der Waals surface area contributed by atoms with Gasteiger partial charge >= 0.3 is 0 Å². The Bertz CT molecular complexity index is 662. The summed E-state index contributed by atoms with van der Waals surface area (Å²) in [5.41, 5.74) is 1.44. The Morgan fingerprint density at radius 1 is 1.30 bits per heavy atom. The van der Waals surface area contributed by atoms with Crippen molar-refractivity contribution in [1.82, 2.24) is 4.98 Å². The standard InChI is InChI=1S/C16H17N3O/c17-10-12-8-11-4-1-2-7-15(11)19-16(12)18-13-5-3-6-14(20)9-13/h1-2,4,7-8,13-14,20H,3,5-6,9H2,(H,18,19)/t13-,14+/m0/s1. The first-order valence-corrected chi connectivity index (χ1v) is 7.01. The first kappa shape index (κ1) is 12.9. The Kier molecular flexibility index (Phi) is 3.53. The largest absolute Gasteiger partial charge is 0.393 e. The zero-order valence-electron chi connectivity index (χ0n) is 11.2. The van der Waals surface area contributed by atoms with Crippen molar-refractivity contribution in [2.24, 2.45) is 0 Å². The number of fused-ring (bicyclic) bond motifs is 1. The Balaban J connectivity index is 1.91. The van der Waals surface area contributed by atoms with E-state index in [1.165, 1.54) is 0 Å². The maximum atomic E-state index is 9.73. The van der Waals surface area contributed by atoms with E-state index in [1.807, 2.05) is 30.3 Å². The number of aromatic nitrogens is 1. The Morgan fingerprint density at radius 2 is 2.15 bits per heavy atom. The molecule has 0 aliphatic heterocycles. The van der Waals surface area contributed by atoms with Crippen LogP contribution in [-0.2, 0) is 0 Å². The van der Waals surface area contributed by atoms with Crippen LogP contribution in [0.25, 0.3) is 10.9 Å².